The zero-order valence-electron chi connectivity index (χ0n) is 14.3. The summed E-state index contributed by atoms with van der Waals surface area (Å²) in [7, 11) is 0. The highest BCUT2D eigenvalue weighted by Crippen LogP contribution is 2.43. The van der Waals surface area contributed by atoms with E-state index in [2.05, 4.69) is 39.5 Å². The van der Waals surface area contributed by atoms with Crippen molar-refractivity contribution in [1.29, 1.82) is 0 Å². The number of fused-ring (bicyclic) bond motifs is 5. The fourth-order valence-electron chi connectivity index (χ4n) is 5.24. The molecule has 5 heteroatoms. The van der Waals surface area contributed by atoms with Gasteiger partial charge in [0.05, 0.1) is 12.0 Å². The minimum Gasteiger partial charge on any atom is -0.357 e. The van der Waals surface area contributed by atoms with E-state index in [1.165, 1.54) is 22.2 Å². The van der Waals surface area contributed by atoms with Gasteiger partial charge in [0.1, 0.15) is 0 Å². The van der Waals surface area contributed by atoms with Gasteiger partial charge in [-0.25, -0.2) is 0 Å². The van der Waals surface area contributed by atoms with Gasteiger partial charge in [0.15, 0.2) is 0 Å². The first-order valence-electron chi connectivity index (χ1n) is 9.41. The summed E-state index contributed by atoms with van der Waals surface area (Å²) in [6.07, 6.45) is 5.53. The van der Waals surface area contributed by atoms with Crippen LogP contribution < -0.4 is 5.32 Å². The van der Waals surface area contributed by atoms with Gasteiger partial charge < -0.3 is 4.98 Å². The number of aromatic nitrogens is 1. The predicted molar refractivity (Wildman–Crippen MR) is 95.0 cm³/mol. The summed E-state index contributed by atoms with van der Waals surface area (Å²) in [6, 6.07) is 9.18. The van der Waals surface area contributed by atoms with Gasteiger partial charge in [-0.3, -0.25) is 19.8 Å². The van der Waals surface area contributed by atoms with Crippen LogP contribution in [0.15, 0.2) is 24.3 Å². The molecule has 3 aliphatic heterocycles. The van der Waals surface area contributed by atoms with Crippen LogP contribution in [0.4, 0.5) is 0 Å². The molecule has 4 heterocycles. The minimum absolute atomic E-state index is 0.0496. The lowest BCUT2D eigenvalue weighted by Crippen LogP contribution is -2.54. The number of amides is 2. The van der Waals surface area contributed by atoms with Gasteiger partial charge in [-0.05, 0) is 43.7 Å². The molecule has 25 heavy (non-hydrogen) atoms. The fraction of sp³-hybridized carbons (Fsp3) is 0.500. The zero-order chi connectivity index (χ0) is 17.0. The van der Waals surface area contributed by atoms with E-state index in [1.54, 1.807) is 0 Å². The van der Waals surface area contributed by atoms with Gasteiger partial charge in [-0.1, -0.05) is 18.2 Å². The number of benzene rings is 1. The summed E-state index contributed by atoms with van der Waals surface area (Å²) in [5, 5.41) is 3.90. The van der Waals surface area contributed by atoms with Crippen LogP contribution >= 0.6 is 0 Å². The van der Waals surface area contributed by atoms with Crippen molar-refractivity contribution >= 4 is 22.7 Å². The normalized spacial score (nSPS) is 30.0. The number of H-pyrrole nitrogens is 1. The molecule has 2 amide bonds. The van der Waals surface area contributed by atoms with Crippen molar-refractivity contribution in [2.24, 2.45) is 5.92 Å². The van der Waals surface area contributed by atoms with E-state index in [0.717, 1.165) is 32.2 Å². The van der Waals surface area contributed by atoms with E-state index in [-0.39, 0.29) is 23.8 Å². The molecule has 0 bridgehead atoms. The monoisotopic (exact) mass is 337 g/mol. The summed E-state index contributed by atoms with van der Waals surface area (Å²) in [4.78, 5) is 30.1. The Balaban J connectivity index is 1.49. The van der Waals surface area contributed by atoms with Crippen LogP contribution in [-0.4, -0.2) is 34.3 Å². The molecule has 1 aromatic heterocycles. The molecule has 0 aliphatic carbocycles. The lowest BCUT2D eigenvalue weighted by molar-refractivity contribution is -0.139. The Hall–Kier alpha value is -2.14. The van der Waals surface area contributed by atoms with Crippen molar-refractivity contribution in [2.75, 3.05) is 6.54 Å². The summed E-state index contributed by atoms with van der Waals surface area (Å²) in [5.41, 5.74) is 4.03. The molecule has 0 unspecified atom stereocenters. The minimum atomic E-state index is -0.120. The lowest BCUT2D eigenvalue weighted by Gasteiger charge is -2.47. The second kappa shape index (κ2) is 5.70. The van der Waals surface area contributed by atoms with E-state index >= 15 is 0 Å². The highest BCUT2D eigenvalue weighted by molar-refractivity contribution is 5.99. The quantitative estimate of drug-likeness (QED) is 0.786. The van der Waals surface area contributed by atoms with Crippen LogP contribution in [0.1, 0.15) is 49.4 Å². The molecule has 3 atom stereocenters. The molecule has 0 spiro atoms. The molecule has 5 nitrogen and oxygen atoms in total. The zero-order valence-corrected chi connectivity index (χ0v) is 14.3. The first-order valence-corrected chi connectivity index (χ1v) is 9.41. The maximum absolute atomic E-state index is 12.4. The third-order valence-electron chi connectivity index (χ3n) is 6.35. The van der Waals surface area contributed by atoms with Crippen molar-refractivity contribution in [3.8, 4) is 0 Å². The van der Waals surface area contributed by atoms with Gasteiger partial charge in [-0.15, -0.1) is 0 Å². The molecule has 2 aromatic rings. The maximum atomic E-state index is 12.4. The highest BCUT2D eigenvalue weighted by atomic mass is 16.2. The third kappa shape index (κ3) is 2.33. The summed E-state index contributed by atoms with van der Waals surface area (Å²) < 4.78 is 0. The second-order valence-corrected chi connectivity index (χ2v) is 7.62. The molecular formula is C20H23N3O2. The largest absolute Gasteiger partial charge is 0.357 e. The van der Waals surface area contributed by atoms with Gasteiger partial charge in [0, 0.05) is 35.6 Å². The summed E-state index contributed by atoms with van der Waals surface area (Å²) >= 11 is 0. The van der Waals surface area contributed by atoms with Crippen molar-refractivity contribution in [1.82, 2.24) is 15.2 Å². The van der Waals surface area contributed by atoms with Crippen LogP contribution in [-0.2, 0) is 16.0 Å². The molecule has 1 aromatic carbocycles. The summed E-state index contributed by atoms with van der Waals surface area (Å²) in [5.74, 6) is -0.235. The smallest absolute Gasteiger partial charge is 0.231 e. The van der Waals surface area contributed by atoms with E-state index in [1.807, 2.05) is 0 Å². The average molecular weight is 337 g/mol. The number of carbonyl (C=O) groups is 2. The Labute approximate surface area is 146 Å². The first-order chi connectivity index (χ1) is 12.2. The Morgan fingerprint density at radius 3 is 2.80 bits per heavy atom. The van der Waals surface area contributed by atoms with Crippen molar-refractivity contribution in [3.63, 3.8) is 0 Å². The molecule has 5 rings (SSSR count). The fourth-order valence-corrected chi connectivity index (χ4v) is 5.24. The van der Waals surface area contributed by atoms with Crippen LogP contribution in [0.25, 0.3) is 10.9 Å². The molecular weight excluding hydrogens is 314 g/mol. The SMILES string of the molecule is O=C1CC[C@@H]([C@@H]2CCC[C@@H]3c4[nH]c5ccccc5c4CCN32)C(=O)N1. The predicted octanol–water partition coefficient (Wildman–Crippen LogP) is 2.67. The molecule has 2 saturated heterocycles. The third-order valence-corrected chi connectivity index (χ3v) is 6.35. The number of nitrogens with one attached hydrogen (secondary N) is 2. The first kappa shape index (κ1) is 15.1. The summed E-state index contributed by atoms with van der Waals surface area (Å²) in [6.45, 7) is 1.00. The molecule has 2 fully saturated rings. The van der Waals surface area contributed by atoms with Crippen molar-refractivity contribution in [2.45, 2.75) is 50.6 Å². The van der Waals surface area contributed by atoms with Crippen LogP contribution in [0.3, 0.4) is 0 Å². The number of piperidine rings is 2. The molecule has 130 valence electrons. The second-order valence-electron chi connectivity index (χ2n) is 7.62. The number of nitrogens with zero attached hydrogens (tertiary/aromatic N) is 1. The number of para-hydroxylation sites is 1. The van der Waals surface area contributed by atoms with Crippen LogP contribution in [0, 0.1) is 5.92 Å². The highest BCUT2D eigenvalue weighted by Gasteiger charge is 2.43. The molecule has 0 saturated carbocycles. The molecule has 0 radical (unpaired) electrons. The number of hydrogen-bond acceptors (Lipinski definition) is 3. The Kier molecular flexibility index (Phi) is 3.45. The molecule has 3 aliphatic rings. The Bertz CT molecular complexity index is 856. The van der Waals surface area contributed by atoms with E-state index in [4.69, 9.17) is 0 Å². The van der Waals surface area contributed by atoms with Gasteiger partial charge >= 0.3 is 0 Å². The number of rotatable bonds is 1. The number of carbonyl (C=O) groups excluding carboxylic acids is 2. The van der Waals surface area contributed by atoms with Gasteiger partial charge in [-0.2, -0.15) is 0 Å². The van der Waals surface area contributed by atoms with Gasteiger partial charge in [0.2, 0.25) is 11.8 Å². The van der Waals surface area contributed by atoms with E-state index in [9.17, 15) is 9.59 Å². The maximum Gasteiger partial charge on any atom is 0.231 e. The Morgan fingerprint density at radius 2 is 1.92 bits per heavy atom. The van der Waals surface area contributed by atoms with Crippen LogP contribution in [0.5, 0.6) is 0 Å². The van der Waals surface area contributed by atoms with Crippen molar-refractivity contribution < 1.29 is 9.59 Å². The average Bonchev–Trinajstić information content (AvgIpc) is 3.00. The number of imide groups is 1. The van der Waals surface area contributed by atoms with Crippen molar-refractivity contribution in [3.05, 3.63) is 35.5 Å². The Morgan fingerprint density at radius 1 is 1.04 bits per heavy atom. The van der Waals surface area contributed by atoms with E-state index < -0.39 is 0 Å². The molecule has 2 N–H and O–H groups in total. The standard InChI is InChI=1S/C20H23N3O2/c24-18-9-8-14(20(25)22-18)16-6-3-7-17-19-13(10-11-23(16)17)12-4-1-2-5-15(12)21-19/h1-2,4-5,14,16-17,21H,3,6-11H2,(H,22,24,25)/t14-,16-,17+/m0/s1. The topological polar surface area (TPSA) is 65.2 Å². The van der Waals surface area contributed by atoms with Gasteiger partial charge in [0.25, 0.3) is 0 Å². The van der Waals surface area contributed by atoms with E-state index in [0.29, 0.717) is 18.9 Å². The number of aromatic amines is 1. The lowest BCUT2D eigenvalue weighted by atomic mass is 9.79. The number of hydrogen-bond donors (Lipinski definition) is 2. The van der Waals surface area contributed by atoms with Crippen LogP contribution in [0.2, 0.25) is 0 Å².